The van der Waals surface area contributed by atoms with Gasteiger partial charge in [-0.3, -0.25) is 0 Å². The van der Waals surface area contributed by atoms with Crippen LogP contribution in [0.1, 0.15) is 19.5 Å². The number of rotatable bonds is 7. The van der Waals surface area contributed by atoms with Gasteiger partial charge in [-0.2, -0.15) is 0 Å². The summed E-state index contributed by atoms with van der Waals surface area (Å²) in [6.45, 7) is 8.34. The van der Waals surface area contributed by atoms with Gasteiger partial charge in [0.15, 0.2) is 0 Å². The largest absolute Gasteiger partial charge is 0.388 e. The zero-order valence-electron chi connectivity index (χ0n) is 10.4. The number of aromatic nitrogens is 1. The van der Waals surface area contributed by atoms with E-state index in [-0.39, 0.29) is 0 Å². The van der Waals surface area contributed by atoms with Gasteiger partial charge in [0.2, 0.25) is 0 Å². The average Bonchev–Trinajstić information content (AvgIpc) is 2.35. The van der Waals surface area contributed by atoms with Gasteiger partial charge in [-0.25, -0.2) is 4.98 Å². The number of likely N-dealkylation sites (N-methyl/N-ethyl adjacent to an activating group) is 1. The van der Waals surface area contributed by atoms with E-state index >= 15 is 0 Å². The number of nitrogens with one attached hydrogen (secondary N) is 1. The van der Waals surface area contributed by atoms with Crippen molar-refractivity contribution in [2.75, 3.05) is 31.5 Å². The van der Waals surface area contributed by atoms with Crippen molar-refractivity contribution in [3.05, 3.63) is 23.9 Å². The van der Waals surface area contributed by atoms with Crippen molar-refractivity contribution in [1.82, 2.24) is 9.88 Å². The normalized spacial score (nSPS) is 10.5. The monoisotopic (exact) mass is 252 g/mol. The average molecular weight is 252 g/mol. The summed E-state index contributed by atoms with van der Waals surface area (Å²) in [5.74, 6) is 0.822. The highest BCUT2D eigenvalue weighted by atomic mass is 32.1. The minimum absolute atomic E-state index is 0.331. The SMILES string of the molecule is CCN(CC)CCNc1cccc(C(N)=S)n1. The predicted molar refractivity (Wildman–Crippen MR) is 76.4 cm³/mol. The van der Waals surface area contributed by atoms with E-state index < -0.39 is 0 Å². The molecule has 0 saturated heterocycles. The first-order valence-corrected chi connectivity index (χ1v) is 6.31. The van der Waals surface area contributed by atoms with Crippen molar-refractivity contribution in [2.24, 2.45) is 5.73 Å². The second kappa shape index (κ2) is 7.19. The molecule has 0 saturated carbocycles. The van der Waals surface area contributed by atoms with Crippen LogP contribution in [-0.4, -0.2) is 41.1 Å². The van der Waals surface area contributed by atoms with Crippen LogP contribution in [0.15, 0.2) is 18.2 Å². The standard InChI is InChI=1S/C12H20N4S/c1-3-16(4-2)9-8-14-11-7-5-6-10(15-11)12(13)17/h5-7H,3-4,8-9H2,1-2H3,(H2,13,17)(H,14,15). The lowest BCUT2D eigenvalue weighted by Gasteiger charge is -2.18. The molecule has 1 rings (SSSR count). The van der Waals surface area contributed by atoms with Crippen LogP contribution in [-0.2, 0) is 0 Å². The van der Waals surface area contributed by atoms with E-state index in [1.165, 1.54) is 0 Å². The molecule has 0 aliphatic carbocycles. The Labute approximate surface area is 108 Å². The first-order chi connectivity index (χ1) is 8.17. The van der Waals surface area contributed by atoms with Gasteiger partial charge in [0.1, 0.15) is 10.8 Å². The minimum Gasteiger partial charge on any atom is -0.388 e. The maximum absolute atomic E-state index is 5.54. The summed E-state index contributed by atoms with van der Waals surface area (Å²) in [7, 11) is 0. The van der Waals surface area contributed by atoms with Crippen molar-refractivity contribution in [2.45, 2.75) is 13.8 Å². The van der Waals surface area contributed by atoms with Gasteiger partial charge in [0.25, 0.3) is 0 Å². The van der Waals surface area contributed by atoms with Crippen molar-refractivity contribution in [3.63, 3.8) is 0 Å². The maximum Gasteiger partial charge on any atom is 0.126 e. The number of nitrogens with zero attached hydrogens (tertiary/aromatic N) is 2. The van der Waals surface area contributed by atoms with Gasteiger partial charge in [0.05, 0.1) is 5.69 Å². The maximum atomic E-state index is 5.54. The Morgan fingerprint density at radius 1 is 1.41 bits per heavy atom. The smallest absolute Gasteiger partial charge is 0.126 e. The zero-order chi connectivity index (χ0) is 12.7. The van der Waals surface area contributed by atoms with Gasteiger partial charge in [-0.15, -0.1) is 0 Å². The molecule has 0 aliphatic heterocycles. The van der Waals surface area contributed by atoms with Crippen LogP contribution in [0.2, 0.25) is 0 Å². The molecule has 0 bridgehead atoms. The molecular formula is C12H20N4S. The molecule has 0 radical (unpaired) electrons. The molecule has 1 aromatic heterocycles. The Morgan fingerprint density at radius 2 is 2.12 bits per heavy atom. The van der Waals surface area contributed by atoms with Crippen molar-refractivity contribution < 1.29 is 0 Å². The highest BCUT2D eigenvalue weighted by Crippen LogP contribution is 2.04. The Hall–Kier alpha value is -1.20. The molecule has 1 aromatic rings. The lowest BCUT2D eigenvalue weighted by atomic mass is 10.3. The Bertz CT molecular complexity index is 363. The molecule has 0 amide bonds. The van der Waals surface area contributed by atoms with Crippen LogP contribution in [0.25, 0.3) is 0 Å². The van der Waals surface area contributed by atoms with Crippen LogP contribution in [0.3, 0.4) is 0 Å². The molecule has 4 nitrogen and oxygen atoms in total. The molecule has 5 heteroatoms. The highest BCUT2D eigenvalue weighted by Gasteiger charge is 2.01. The van der Waals surface area contributed by atoms with Gasteiger partial charge in [-0.05, 0) is 25.2 Å². The molecule has 17 heavy (non-hydrogen) atoms. The van der Waals surface area contributed by atoms with Gasteiger partial charge in [-0.1, -0.05) is 32.1 Å². The molecule has 0 aliphatic rings. The number of anilines is 1. The molecule has 94 valence electrons. The molecule has 0 atom stereocenters. The van der Waals surface area contributed by atoms with E-state index in [2.05, 4.69) is 29.0 Å². The summed E-state index contributed by atoms with van der Waals surface area (Å²) in [4.78, 5) is 7.01. The van der Waals surface area contributed by atoms with Crippen LogP contribution in [0.5, 0.6) is 0 Å². The van der Waals surface area contributed by atoms with Crippen molar-refractivity contribution in [1.29, 1.82) is 0 Å². The lowest BCUT2D eigenvalue weighted by Crippen LogP contribution is -2.28. The van der Waals surface area contributed by atoms with E-state index in [0.717, 1.165) is 32.0 Å². The molecule has 0 spiro atoms. The Kier molecular flexibility index (Phi) is 5.86. The van der Waals surface area contributed by atoms with E-state index in [1.54, 1.807) is 0 Å². The second-order valence-electron chi connectivity index (χ2n) is 3.73. The van der Waals surface area contributed by atoms with E-state index in [1.807, 2.05) is 18.2 Å². The molecule has 3 N–H and O–H groups in total. The van der Waals surface area contributed by atoms with Crippen molar-refractivity contribution >= 4 is 23.0 Å². The summed E-state index contributed by atoms with van der Waals surface area (Å²) in [5, 5.41) is 3.27. The Morgan fingerprint density at radius 3 is 2.71 bits per heavy atom. The van der Waals surface area contributed by atoms with Crippen LogP contribution in [0, 0.1) is 0 Å². The number of hydrogen-bond acceptors (Lipinski definition) is 4. The second-order valence-corrected chi connectivity index (χ2v) is 4.17. The topological polar surface area (TPSA) is 54.2 Å². The highest BCUT2D eigenvalue weighted by molar-refractivity contribution is 7.80. The summed E-state index contributed by atoms with van der Waals surface area (Å²) < 4.78 is 0. The Balaban J connectivity index is 2.46. The summed E-state index contributed by atoms with van der Waals surface area (Å²) in [6, 6.07) is 5.64. The zero-order valence-corrected chi connectivity index (χ0v) is 11.3. The summed E-state index contributed by atoms with van der Waals surface area (Å²) in [6.07, 6.45) is 0. The van der Waals surface area contributed by atoms with Gasteiger partial charge >= 0.3 is 0 Å². The molecule has 1 heterocycles. The molecule has 0 unspecified atom stereocenters. The predicted octanol–water partition coefficient (Wildman–Crippen LogP) is 1.47. The van der Waals surface area contributed by atoms with E-state index in [9.17, 15) is 0 Å². The summed E-state index contributed by atoms with van der Waals surface area (Å²) >= 11 is 4.89. The van der Waals surface area contributed by atoms with E-state index in [4.69, 9.17) is 18.0 Å². The first kappa shape index (κ1) is 13.9. The van der Waals surface area contributed by atoms with Gasteiger partial charge < -0.3 is 16.0 Å². The van der Waals surface area contributed by atoms with Crippen molar-refractivity contribution in [3.8, 4) is 0 Å². The number of nitrogens with two attached hydrogens (primary N) is 1. The van der Waals surface area contributed by atoms with Crippen LogP contribution >= 0.6 is 12.2 Å². The quantitative estimate of drug-likeness (QED) is 0.720. The fourth-order valence-electron chi connectivity index (χ4n) is 1.55. The third-order valence-corrected chi connectivity index (χ3v) is 2.84. The molecule has 0 fully saturated rings. The van der Waals surface area contributed by atoms with E-state index in [0.29, 0.717) is 10.7 Å². The lowest BCUT2D eigenvalue weighted by molar-refractivity contribution is 0.316. The number of hydrogen-bond donors (Lipinski definition) is 2. The van der Waals surface area contributed by atoms with Crippen LogP contribution < -0.4 is 11.1 Å². The third-order valence-electron chi connectivity index (χ3n) is 2.63. The van der Waals surface area contributed by atoms with Crippen LogP contribution in [0.4, 0.5) is 5.82 Å². The summed E-state index contributed by atoms with van der Waals surface area (Å²) in [5.41, 5.74) is 6.20. The first-order valence-electron chi connectivity index (χ1n) is 5.90. The molecular weight excluding hydrogens is 232 g/mol. The fraction of sp³-hybridized carbons (Fsp3) is 0.500. The fourth-order valence-corrected chi connectivity index (χ4v) is 1.67. The molecule has 0 aromatic carbocycles. The van der Waals surface area contributed by atoms with Gasteiger partial charge in [0, 0.05) is 13.1 Å². The number of thiocarbonyl (C=S) groups is 1. The third kappa shape index (κ3) is 4.66. The number of pyridine rings is 1. The minimum atomic E-state index is 0.331.